The van der Waals surface area contributed by atoms with Crippen LogP contribution in [-0.4, -0.2) is 50.2 Å². The first-order valence-electron chi connectivity index (χ1n) is 7.05. The highest BCUT2D eigenvalue weighted by Gasteiger charge is 2.50. The zero-order valence-electron chi connectivity index (χ0n) is 12.0. The molecule has 1 aromatic carbocycles. The fourth-order valence-electron chi connectivity index (χ4n) is 3.73. The molecule has 2 aliphatic rings. The van der Waals surface area contributed by atoms with Gasteiger partial charge < -0.3 is 14.5 Å². The van der Waals surface area contributed by atoms with Crippen molar-refractivity contribution in [1.82, 2.24) is 9.88 Å². The van der Waals surface area contributed by atoms with E-state index in [9.17, 15) is 0 Å². The fraction of sp³-hybridized carbons (Fsp3) is 0.438. The Morgan fingerprint density at radius 1 is 1.15 bits per heavy atom. The summed E-state index contributed by atoms with van der Waals surface area (Å²) >= 11 is 0. The van der Waals surface area contributed by atoms with Crippen molar-refractivity contribution in [2.75, 3.05) is 45.2 Å². The maximum absolute atomic E-state index is 5.44. The lowest BCUT2D eigenvalue weighted by Gasteiger charge is -2.60. The molecule has 1 aromatic heterocycles. The number of pyridine rings is 1. The lowest BCUT2D eigenvalue weighted by atomic mass is 9.73. The molecule has 4 heteroatoms. The molecular formula is C16H19N3O. The van der Waals surface area contributed by atoms with Crippen LogP contribution in [0.5, 0.6) is 5.75 Å². The van der Waals surface area contributed by atoms with Gasteiger partial charge in [0, 0.05) is 48.9 Å². The average Bonchev–Trinajstić information content (AvgIpc) is 2.40. The third-order valence-electron chi connectivity index (χ3n) is 4.53. The number of anilines is 1. The Hall–Kier alpha value is -1.81. The van der Waals surface area contributed by atoms with E-state index in [0.29, 0.717) is 5.41 Å². The van der Waals surface area contributed by atoms with Gasteiger partial charge in [0.2, 0.25) is 0 Å². The van der Waals surface area contributed by atoms with Crippen LogP contribution >= 0.6 is 0 Å². The maximum Gasteiger partial charge on any atom is 0.129 e. The van der Waals surface area contributed by atoms with Gasteiger partial charge >= 0.3 is 0 Å². The number of benzene rings is 1. The molecule has 0 saturated carbocycles. The SMILES string of the molecule is COc1ccnc2ccc(N3CC4(CN(C)C4)C3)cc12. The highest BCUT2D eigenvalue weighted by atomic mass is 16.5. The Morgan fingerprint density at radius 3 is 2.65 bits per heavy atom. The van der Waals surface area contributed by atoms with Crippen LogP contribution in [0.3, 0.4) is 0 Å². The van der Waals surface area contributed by atoms with Crippen LogP contribution in [0, 0.1) is 5.41 Å². The molecule has 0 amide bonds. The normalized spacial score (nSPS) is 20.8. The monoisotopic (exact) mass is 269 g/mol. The standard InChI is InChI=1S/C16H19N3O/c1-18-8-16(9-18)10-19(11-16)12-3-4-14-13(7-12)15(20-2)5-6-17-14/h3-7H,8-11H2,1-2H3. The zero-order valence-corrected chi connectivity index (χ0v) is 12.0. The van der Waals surface area contributed by atoms with E-state index in [4.69, 9.17) is 4.74 Å². The van der Waals surface area contributed by atoms with Gasteiger partial charge in [-0.25, -0.2) is 0 Å². The van der Waals surface area contributed by atoms with Gasteiger partial charge in [-0.15, -0.1) is 0 Å². The van der Waals surface area contributed by atoms with Crippen molar-refractivity contribution in [2.24, 2.45) is 5.41 Å². The molecule has 0 bridgehead atoms. The van der Waals surface area contributed by atoms with E-state index < -0.39 is 0 Å². The van der Waals surface area contributed by atoms with Crippen LogP contribution in [-0.2, 0) is 0 Å². The second-order valence-corrected chi connectivity index (χ2v) is 6.24. The second kappa shape index (κ2) is 4.09. The molecule has 4 nitrogen and oxygen atoms in total. The number of hydrogen-bond acceptors (Lipinski definition) is 4. The predicted molar refractivity (Wildman–Crippen MR) is 80.4 cm³/mol. The van der Waals surface area contributed by atoms with Crippen molar-refractivity contribution in [2.45, 2.75) is 0 Å². The van der Waals surface area contributed by atoms with E-state index in [0.717, 1.165) is 16.7 Å². The summed E-state index contributed by atoms with van der Waals surface area (Å²) in [6, 6.07) is 8.39. The molecule has 4 rings (SSSR count). The molecule has 3 heterocycles. The summed E-state index contributed by atoms with van der Waals surface area (Å²) in [6.45, 7) is 4.82. The summed E-state index contributed by atoms with van der Waals surface area (Å²) in [4.78, 5) is 9.25. The van der Waals surface area contributed by atoms with Gasteiger partial charge in [-0.1, -0.05) is 0 Å². The van der Waals surface area contributed by atoms with E-state index >= 15 is 0 Å². The first-order valence-corrected chi connectivity index (χ1v) is 7.05. The molecule has 0 unspecified atom stereocenters. The van der Waals surface area contributed by atoms with Gasteiger partial charge in [-0.3, -0.25) is 4.98 Å². The van der Waals surface area contributed by atoms with Crippen molar-refractivity contribution in [1.29, 1.82) is 0 Å². The summed E-state index contributed by atoms with van der Waals surface area (Å²) in [5.41, 5.74) is 2.83. The number of nitrogens with zero attached hydrogens (tertiary/aromatic N) is 3. The third-order valence-corrected chi connectivity index (χ3v) is 4.53. The number of aromatic nitrogens is 1. The highest BCUT2D eigenvalue weighted by molar-refractivity contribution is 5.88. The summed E-state index contributed by atoms with van der Waals surface area (Å²) in [5, 5.41) is 1.10. The molecule has 0 N–H and O–H groups in total. The van der Waals surface area contributed by atoms with Crippen LogP contribution in [0.4, 0.5) is 5.69 Å². The number of fused-ring (bicyclic) bond motifs is 1. The van der Waals surface area contributed by atoms with E-state index in [2.05, 4.69) is 40.0 Å². The molecule has 0 atom stereocenters. The van der Waals surface area contributed by atoms with Gasteiger partial charge in [-0.2, -0.15) is 0 Å². The maximum atomic E-state index is 5.44. The summed E-state index contributed by atoms with van der Waals surface area (Å²) in [7, 11) is 3.91. The Labute approximate surface area is 119 Å². The Bertz CT molecular complexity index is 656. The highest BCUT2D eigenvalue weighted by Crippen LogP contribution is 2.41. The largest absolute Gasteiger partial charge is 0.496 e. The van der Waals surface area contributed by atoms with Gasteiger partial charge in [0.05, 0.1) is 12.6 Å². The molecule has 0 aliphatic carbocycles. The number of methoxy groups -OCH3 is 1. The minimum Gasteiger partial charge on any atom is -0.496 e. The van der Waals surface area contributed by atoms with E-state index in [1.165, 1.54) is 31.9 Å². The first-order chi connectivity index (χ1) is 9.69. The van der Waals surface area contributed by atoms with E-state index in [1.54, 1.807) is 13.3 Å². The quantitative estimate of drug-likeness (QED) is 0.833. The van der Waals surface area contributed by atoms with Gasteiger partial charge in [0.25, 0.3) is 0 Å². The summed E-state index contributed by atoms with van der Waals surface area (Å²) < 4.78 is 5.44. The lowest BCUT2D eigenvalue weighted by molar-refractivity contribution is -0.00237. The van der Waals surface area contributed by atoms with Crippen LogP contribution in [0.1, 0.15) is 0 Å². The van der Waals surface area contributed by atoms with Crippen molar-refractivity contribution < 1.29 is 4.74 Å². The molecule has 2 fully saturated rings. The molecule has 104 valence electrons. The molecule has 1 spiro atoms. The number of hydrogen-bond donors (Lipinski definition) is 0. The average molecular weight is 269 g/mol. The zero-order chi connectivity index (χ0) is 13.7. The van der Waals surface area contributed by atoms with Crippen LogP contribution in [0.15, 0.2) is 30.5 Å². The first kappa shape index (κ1) is 12.0. The van der Waals surface area contributed by atoms with Gasteiger partial charge in [0.1, 0.15) is 5.75 Å². The smallest absolute Gasteiger partial charge is 0.129 e. The van der Waals surface area contributed by atoms with Gasteiger partial charge in [0.15, 0.2) is 0 Å². The Balaban J connectivity index is 1.62. The third kappa shape index (κ3) is 1.68. The summed E-state index contributed by atoms with van der Waals surface area (Å²) in [5.74, 6) is 0.899. The van der Waals surface area contributed by atoms with Crippen LogP contribution < -0.4 is 9.64 Å². The molecule has 2 aromatic rings. The van der Waals surface area contributed by atoms with Crippen LogP contribution in [0.25, 0.3) is 10.9 Å². The predicted octanol–water partition coefficient (Wildman–Crippen LogP) is 2.00. The summed E-state index contributed by atoms with van der Waals surface area (Å²) in [6.07, 6.45) is 1.80. The molecule has 20 heavy (non-hydrogen) atoms. The van der Waals surface area contributed by atoms with Crippen molar-refractivity contribution in [3.63, 3.8) is 0 Å². The van der Waals surface area contributed by atoms with E-state index in [-0.39, 0.29) is 0 Å². The van der Waals surface area contributed by atoms with E-state index in [1.807, 2.05) is 6.07 Å². The van der Waals surface area contributed by atoms with Crippen molar-refractivity contribution in [3.05, 3.63) is 30.5 Å². The van der Waals surface area contributed by atoms with Crippen LogP contribution in [0.2, 0.25) is 0 Å². The van der Waals surface area contributed by atoms with Crippen molar-refractivity contribution in [3.8, 4) is 5.75 Å². The van der Waals surface area contributed by atoms with Gasteiger partial charge in [-0.05, 0) is 31.3 Å². The molecular weight excluding hydrogens is 250 g/mol. The fourth-order valence-corrected chi connectivity index (χ4v) is 3.73. The molecule has 2 saturated heterocycles. The topological polar surface area (TPSA) is 28.6 Å². The number of rotatable bonds is 2. The minimum atomic E-state index is 0.558. The molecule has 0 radical (unpaired) electrons. The van der Waals surface area contributed by atoms with Crippen molar-refractivity contribution >= 4 is 16.6 Å². The number of ether oxygens (including phenoxy) is 1. The Morgan fingerprint density at radius 2 is 1.95 bits per heavy atom. The number of likely N-dealkylation sites (tertiary alicyclic amines) is 1. The minimum absolute atomic E-state index is 0.558. The Kier molecular flexibility index (Phi) is 2.45. The molecule has 2 aliphatic heterocycles. The second-order valence-electron chi connectivity index (χ2n) is 6.24. The lowest BCUT2D eigenvalue weighted by Crippen LogP contribution is -2.71.